The summed E-state index contributed by atoms with van der Waals surface area (Å²) in [6.07, 6.45) is 41.8. The normalized spacial score (nSPS) is 14.6. The summed E-state index contributed by atoms with van der Waals surface area (Å²) in [6, 6.07) is 0. The van der Waals surface area contributed by atoms with Crippen LogP contribution in [0.25, 0.3) is 0 Å². The highest BCUT2D eigenvalue weighted by molar-refractivity contribution is 7.47. The molecular weight excluding hydrogens is 1100 g/mol. The zero-order valence-corrected chi connectivity index (χ0v) is 55.1. The third kappa shape index (κ3) is 57.6. The molecule has 0 aromatic carbocycles. The van der Waals surface area contributed by atoms with Crippen molar-refractivity contribution in [1.29, 1.82) is 0 Å². The van der Waals surface area contributed by atoms with Gasteiger partial charge in [-0.25, -0.2) is 9.13 Å². The molecule has 0 aliphatic rings. The number of aliphatic hydroxyl groups is 1. The highest BCUT2D eigenvalue weighted by Crippen LogP contribution is 2.45. The lowest BCUT2D eigenvalue weighted by atomic mass is 9.99. The Bertz CT molecular complexity index is 1620. The Balaban J connectivity index is 5.19. The van der Waals surface area contributed by atoms with E-state index < -0.39 is 97.5 Å². The summed E-state index contributed by atoms with van der Waals surface area (Å²) in [4.78, 5) is 72.0. The number of unbranched alkanes of at least 4 members (excludes halogenated alkanes) is 35. The van der Waals surface area contributed by atoms with E-state index in [0.717, 1.165) is 115 Å². The molecule has 492 valence electrons. The van der Waals surface area contributed by atoms with Crippen molar-refractivity contribution in [1.82, 2.24) is 0 Å². The van der Waals surface area contributed by atoms with Crippen LogP contribution in [0.4, 0.5) is 0 Å². The second-order valence-corrected chi connectivity index (χ2v) is 26.3. The van der Waals surface area contributed by atoms with E-state index in [0.29, 0.717) is 25.7 Å². The highest BCUT2D eigenvalue weighted by atomic mass is 31.2. The van der Waals surface area contributed by atoms with E-state index in [-0.39, 0.29) is 25.7 Å². The molecule has 0 aliphatic heterocycles. The van der Waals surface area contributed by atoms with E-state index in [4.69, 9.17) is 37.0 Å². The van der Waals surface area contributed by atoms with Gasteiger partial charge in [-0.2, -0.15) is 0 Å². The number of esters is 4. The van der Waals surface area contributed by atoms with Gasteiger partial charge in [0.15, 0.2) is 12.2 Å². The molecule has 83 heavy (non-hydrogen) atoms. The molecule has 0 rings (SSSR count). The molecule has 0 fully saturated rings. The molecular formula is C64H124O17P2. The van der Waals surface area contributed by atoms with Crippen LogP contribution in [0.3, 0.4) is 0 Å². The van der Waals surface area contributed by atoms with Crippen LogP contribution in [0, 0.1) is 5.92 Å². The van der Waals surface area contributed by atoms with Gasteiger partial charge in [0.1, 0.15) is 19.3 Å². The topological polar surface area (TPSA) is 237 Å². The molecule has 17 nitrogen and oxygen atoms in total. The fourth-order valence-corrected chi connectivity index (χ4v) is 11.1. The maximum Gasteiger partial charge on any atom is 0.472 e. The second-order valence-electron chi connectivity index (χ2n) is 23.4. The quantitative estimate of drug-likeness (QED) is 0.0222. The van der Waals surface area contributed by atoms with Crippen LogP contribution in [0.15, 0.2) is 0 Å². The number of phosphoric ester groups is 2. The smallest absolute Gasteiger partial charge is 0.462 e. The first-order chi connectivity index (χ1) is 40.1. The van der Waals surface area contributed by atoms with E-state index >= 15 is 0 Å². The van der Waals surface area contributed by atoms with Gasteiger partial charge in [-0.1, -0.05) is 272 Å². The molecule has 0 bridgehead atoms. The Hall–Kier alpha value is -1.94. The van der Waals surface area contributed by atoms with Crippen molar-refractivity contribution in [2.75, 3.05) is 39.6 Å². The number of phosphoric acid groups is 2. The van der Waals surface area contributed by atoms with Crippen molar-refractivity contribution in [3.63, 3.8) is 0 Å². The van der Waals surface area contributed by atoms with Crippen LogP contribution >= 0.6 is 15.6 Å². The number of carbonyl (C=O) groups excluding carboxylic acids is 4. The minimum atomic E-state index is -4.94. The minimum Gasteiger partial charge on any atom is -0.462 e. The van der Waals surface area contributed by atoms with E-state index in [1.807, 2.05) is 0 Å². The average Bonchev–Trinajstić information content (AvgIpc) is 3.46. The van der Waals surface area contributed by atoms with Gasteiger partial charge < -0.3 is 33.8 Å². The second kappa shape index (κ2) is 57.8. The summed E-state index contributed by atoms with van der Waals surface area (Å²) in [5.41, 5.74) is 0. The Morgan fingerprint density at radius 1 is 0.337 bits per heavy atom. The molecule has 0 aliphatic carbocycles. The van der Waals surface area contributed by atoms with Gasteiger partial charge in [0.25, 0.3) is 0 Å². The fourth-order valence-electron chi connectivity index (χ4n) is 9.55. The van der Waals surface area contributed by atoms with Crippen molar-refractivity contribution >= 4 is 39.5 Å². The zero-order chi connectivity index (χ0) is 61.3. The Morgan fingerprint density at radius 3 is 0.855 bits per heavy atom. The van der Waals surface area contributed by atoms with Crippen LogP contribution < -0.4 is 0 Å². The standard InChI is InChI=1S/C64H124O17P2/c1-6-10-13-16-19-21-22-23-24-25-26-27-28-35-40-45-50-64(69)81-60(54-75-62(67)48-43-38-34-30-29-32-36-41-46-57(5)9-4)56-79-83(72,73)77-52-58(65)51-76-82(70,71)78-55-59(53-74-61(66)47-42-37-31-18-15-12-8-3)80-63(68)49-44-39-33-20-17-14-11-7-2/h57-60,65H,6-56H2,1-5H3,(H,70,71)(H,72,73)/t57?,58-,59+,60+/m0/s1. The van der Waals surface area contributed by atoms with Crippen molar-refractivity contribution in [3.8, 4) is 0 Å². The van der Waals surface area contributed by atoms with E-state index in [1.165, 1.54) is 128 Å². The first-order valence-electron chi connectivity index (χ1n) is 33.7. The van der Waals surface area contributed by atoms with Crippen molar-refractivity contribution in [2.45, 2.75) is 342 Å². The molecule has 0 spiro atoms. The lowest BCUT2D eigenvalue weighted by Crippen LogP contribution is -2.30. The molecule has 19 heteroatoms. The van der Waals surface area contributed by atoms with Crippen LogP contribution in [0.5, 0.6) is 0 Å². The highest BCUT2D eigenvalue weighted by Gasteiger charge is 2.30. The summed E-state index contributed by atoms with van der Waals surface area (Å²) >= 11 is 0. The molecule has 3 unspecified atom stereocenters. The summed E-state index contributed by atoms with van der Waals surface area (Å²) in [6.45, 7) is 7.13. The first-order valence-corrected chi connectivity index (χ1v) is 36.7. The van der Waals surface area contributed by atoms with Crippen molar-refractivity contribution in [2.24, 2.45) is 5.92 Å². The van der Waals surface area contributed by atoms with Crippen LogP contribution in [0.2, 0.25) is 0 Å². The molecule has 0 aromatic heterocycles. The fraction of sp³-hybridized carbons (Fsp3) is 0.938. The van der Waals surface area contributed by atoms with Crippen molar-refractivity contribution in [3.05, 3.63) is 0 Å². The molecule has 0 saturated carbocycles. The van der Waals surface area contributed by atoms with Crippen molar-refractivity contribution < 1.29 is 80.2 Å². The monoisotopic (exact) mass is 1230 g/mol. The maximum atomic E-state index is 13.0. The van der Waals surface area contributed by atoms with E-state index in [2.05, 4.69) is 34.6 Å². The zero-order valence-electron chi connectivity index (χ0n) is 53.3. The number of hydrogen-bond donors (Lipinski definition) is 3. The third-order valence-corrected chi connectivity index (χ3v) is 17.0. The maximum absolute atomic E-state index is 13.0. The average molecular weight is 1230 g/mol. The van der Waals surface area contributed by atoms with Crippen LogP contribution in [0.1, 0.15) is 324 Å². The van der Waals surface area contributed by atoms with Crippen LogP contribution in [-0.4, -0.2) is 96.7 Å². The SMILES string of the molecule is CCCCCCCCCCCCCCCCCCC(=O)O[C@H](COC(=O)CCCCCCCCCCC(C)CC)COP(=O)(O)OC[C@@H](O)COP(=O)(O)OC[C@@H](COC(=O)CCCCCCCCC)OC(=O)CCCCCCCCCC. The molecule has 3 N–H and O–H groups in total. The predicted octanol–water partition coefficient (Wildman–Crippen LogP) is 17.8. The van der Waals surface area contributed by atoms with E-state index in [1.54, 1.807) is 0 Å². The number of carbonyl (C=O) groups is 4. The van der Waals surface area contributed by atoms with Gasteiger partial charge in [0, 0.05) is 25.7 Å². The van der Waals surface area contributed by atoms with Gasteiger partial charge in [0.2, 0.25) is 0 Å². The molecule has 6 atom stereocenters. The summed E-state index contributed by atoms with van der Waals surface area (Å²) in [5.74, 6) is -1.36. The summed E-state index contributed by atoms with van der Waals surface area (Å²) in [5, 5.41) is 10.5. The minimum absolute atomic E-state index is 0.105. The van der Waals surface area contributed by atoms with Gasteiger partial charge >= 0.3 is 39.5 Å². The lowest BCUT2D eigenvalue weighted by Gasteiger charge is -2.21. The third-order valence-electron chi connectivity index (χ3n) is 15.1. The summed E-state index contributed by atoms with van der Waals surface area (Å²) in [7, 11) is -9.88. The van der Waals surface area contributed by atoms with Gasteiger partial charge in [-0.3, -0.25) is 37.3 Å². The largest absolute Gasteiger partial charge is 0.472 e. The number of ether oxygens (including phenoxy) is 4. The molecule has 0 heterocycles. The van der Waals surface area contributed by atoms with Crippen LogP contribution in [-0.2, 0) is 65.4 Å². The molecule has 0 amide bonds. The number of aliphatic hydroxyl groups excluding tert-OH is 1. The molecule has 0 aromatic rings. The Labute approximate surface area is 505 Å². The first kappa shape index (κ1) is 81.1. The lowest BCUT2D eigenvalue weighted by molar-refractivity contribution is -0.161. The van der Waals surface area contributed by atoms with Gasteiger partial charge in [0.05, 0.1) is 26.4 Å². The predicted molar refractivity (Wildman–Crippen MR) is 331 cm³/mol. The molecule has 0 saturated heterocycles. The Morgan fingerprint density at radius 2 is 0.578 bits per heavy atom. The number of rotatable bonds is 64. The Kier molecular flexibility index (Phi) is 56.4. The van der Waals surface area contributed by atoms with Gasteiger partial charge in [-0.15, -0.1) is 0 Å². The van der Waals surface area contributed by atoms with E-state index in [9.17, 15) is 43.2 Å². The molecule has 0 radical (unpaired) electrons. The van der Waals surface area contributed by atoms with Gasteiger partial charge in [-0.05, 0) is 31.6 Å². The summed E-state index contributed by atoms with van der Waals surface area (Å²) < 4.78 is 67.9. The number of hydrogen-bond acceptors (Lipinski definition) is 15.